The van der Waals surface area contributed by atoms with E-state index in [1.807, 2.05) is 0 Å². The molecule has 0 bridgehead atoms. The minimum Gasteiger partial charge on any atom is -0.456 e. The van der Waals surface area contributed by atoms with E-state index in [0.717, 1.165) is 0 Å². The summed E-state index contributed by atoms with van der Waals surface area (Å²) >= 11 is 0. The zero-order valence-corrected chi connectivity index (χ0v) is 25.4. The van der Waals surface area contributed by atoms with Crippen LogP contribution in [-0.2, 0) is 0 Å². The minimum atomic E-state index is -1.14. The third kappa shape index (κ3) is 4.28. The highest BCUT2D eigenvalue weighted by atomic mass is 16.3. The van der Waals surface area contributed by atoms with Gasteiger partial charge in [-0.1, -0.05) is 145 Å². The second-order valence-corrected chi connectivity index (χ2v) is 11.3. The SMILES string of the molecule is [2H]c1c(-c2c([2H])c(-c3c4c([2H])c([2H])c([2H])c([2H])c4c(-c4c([2H])c([2H])c5c([2H])c([2H])c([2H])c([2H])c5c4[2H])c4c([2H])c([2H])c([2H])c([2H])c34)c3c([2H])c([2H])c([2H])c([2H])c3c2[2H])c([2H])c2c(oc3c([2H])c([2H])c4c([2H])c([2H])c([2H])c([2H])c4c32)c1[2H]. The van der Waals surface area contributed by atoms with Crippen molar-refractivity contribution in [3.63, 3.8) is 0 Å². The maximum atomic E-state index is 10.3. The first-order chi connectivity index (χ1) is 37.8. The molecule has 1 nitrogen and oxygen atoms in total. The van der Waals surface area contributed by atoms with Crippen LogP contribution in [-0.4, -0.2) is 0 Å². The van der Waals surface area contributed by atoms with Gasteiger partial charge in [-0.15, -0.1) is 0 Å². The summed E-state index contributed by atoms with van der Waals surface area (Å²) in [5.41, 5.74) is -6.34. The lowest BCUT2D eigenvalue weighted by molar-refractivity contribution is 0.669. The van der Waals surface area contributed by atoms with Crippen LogP contribution < -0.4 is 0 Å². The van der Waals surface area contributed by atoms with E-state index < -0.39 is 290 Å². The molecular weight excluding hydrogens is 617 g/mol. The smallest absolute Gasteiger partial charge is 0.136 e. The Hall–Kier alpha value is -6.70. The van der Waals surface area contributed by atoms with Crippen molar-refractivity contribution in [1.82, 2.24) is 0 Å². The first-order valence-electron chi connectivity index (χ1n) is 30.2. The van der Waals surface area contributed by atoms with E-state index in [2.05, 4.69) is 0 Å². The number of hydrogen-bond acceptors (Lipinski definition) is 1. The van der Waals surface area contributed by atoms with E-state index in [9.17, 15) is 17.8 Å². The Bertz CT molecular complexity index is 4850. The maximum Gasteiger partial charge on any atom is 0.136 e. The van der Waals surface area contributed by atoms with E-state index in [1.54, 1.807) is 0 Å². The van der Waals surface area contributed by atoms with Gasteiger partial charge in [-0.3, -0.25) is 0 Å². The van der Waals surface area contributed by atoms with Crippen molar-refractivity contribution in [2.75, 3.05) is 0 Å². The van der Waals surface area contributed by atoms with E-state index in [1.165, 1.54) is 0 Å². The fraction of sp³-hybridized carbons (Fsp3) is 0. The molecule has 0 aliphatic heterocycles. The quantitative estimate of drug-likeness (QED) is 0.170. The van der Waals surface area contributed by atoms with Gasteiger partial charge in [0.15, 0.2) is 0 Å². The molecule has 10 aromatic carbocycles. The van der Waals surface area contributed by atoms with Gasteiger partial charge in [0.1, 0.15) is 11.2 Å². The van der Waals surface area contributed by atoms with Crippen molar-refractivity contribution in [3.8, 4) is 33.4 Å². The van der Waals surface area contributed by atoms with Crippen molar-refractivity contribution < 1.29 is 45.5 Å². The summed E-state index contributed by atoms with van der Waals surface area (Å²) in [6.07, 6.45) is 0. The molecule has 0 saturated heterocycles. The molecule has 0 spiro atoms. The highest BCUT2D eigenvalue weighted by Crippen LogP contribution is 2.47. The molecule has 11 rings (SSSR count). The summed E-state index contributed by atoms with van der Waals surface area (Å²) in [5.74, 6) is 0. The average molecular weight is 677 g/mol. The van der Waals surface area contributed by atoms with Gasteiger partial charge in [0.25, 0.3) is 0 Å². The fourth-order valence-corrected chi connectivity index (χ4v) is 6.36. The molecule has 0 radical (unpaired) electrons. The van der Waals surface area contributed by atoms with Crippen LogP contribution >= 0.6 is 0 Å². The third-order valence-corrected chi connectivity index (χ3v) is 8.51. The van der Waals surface area contributed by atoms with Crippen LogP contribution in [0.2, 0.25) is 0 Å². The van der Waals surface area contributed by atoms with Crippen molar-refractivity contribution in [2.45, 2.75) is 0 Å². The molecule has 236 valence electrons. The highest BCUT2D eigenvalue weighted by Gasteiger charge is 2.20. The van der Waals surface area contributed by atoms with Crippen LogP contribution in [0, 0.1) is 0 Å². The van der Waals surface area contributed by atoms with Gasteiger partial charge < -0.3 is 4.42 Å². The molecular formula is C50H30O. The summed E-state index contributed by atoms with van der Waals surface area (Å²) in [4.78, 5) is 0. The van der Waals surface area contributed by atoms with Gasteiger partial charge in [0.05, 0.1) is 41.1 Å². The Morgan fingerprint density at radius 2 is 0.843 bits per heavy atom. The van der Waals surface area contributed by atoms with Crippen LogP contribution in [0.3, 0.4) is 0 Å². The van der Waals surface area contributed by atoms with Crippen LogP contribution in [0.1, 0.15) is 41.1 Å². The molecule has 0 fully saturated rings. The molecule has 1 aromatic heterocycles. The number of rotatable bonds is 3. The van der Waals surface area contributed by atoms with Crippen molar-refractivity contribution in [2.24, 2.45) is 0 Å². The first kappa shape index (κ1) is 11.7. The molecule has 0 amide bonds. The van der Waals surface area contributed by atoms with E-state index in [-0.39, 0.29) is 0 Å². The average Bonchev–Trinajstić information content (AvgIpc) is 3.99. The summed E-state index contributed by atoms with van der Waals surface area (Å²) in [6, 6.07) is -28.7. The van der Waals surface area contributed by atoms with Gasteiger partial charge >= 0.3 is 0 Å². The Morgan fingerprint density at radius 1 is 0.314 bits per heavy atom. The molecule has 1 heteroatoms. The molecule has 11 aromatic rings. The van der Waals surface area contributed by atoms with Gasteiger partial charge in [-0.25, -0.2) is 0 Å². The van der Waals surface area contributed by atoms with Gasteiger partial charge in [-0.05, 0) is 123 Å². The lowest BCUT2D eigenvalue weighted by atomic mass is 9.83. The molecule has 0 N–H and O–H groups in total. The third-order valence-electron chi connectivity index (χ3n) is 8.51. The normalized spacial score (nSPS) is 20.2. The fourth-order valence-electron chi connectivity index (χ4n) is 6.36. The number of furan rings is 1. The summed E-state index contributed by atoms with van der Waals surface area (Å²) in [5, 5.41) is -8.12. The highest BCUT2D eigenvalue weighted by molar-refractivity contribution is 6.24. The molecule has 1 heterocycles. The second-order valence-electron chi connectivity index (χ2n) is 11.3. The van der Waals surface area contributed by atoms with Crippen molar-refractivity contribution in [3.05, 3.63) is 181 Å². The topological polar surface area (TPSA) is 13.1 Å². The lowest BCUT2D eigenvalue weighted by Gasteiger charge is -2.20. The molecule has 0 unspecified atom stereocenters. The first-order valence-corrected chi connectivity index (χ1v) is 15.2. The number of benzene rings is 10. The number of fused-ring (bicyclic) bond motifs is 9. The molecule has 0 atom stereocenters. The molecule has 0 aliphatic carbocycles. The van der Waals surface area contributed by atoms with E-state index in [4.69, 9.17) is 27.7 Å². The second kappa shape index (κ2) is 10.9. The minimum absolute atomic E-state index is 0.434. The molecule has 0 aliphatic rings. The monoisotopic (exact) mass is 676 g/mol. The van der Waals surface area contributed by atoms with E-state index >= 15 is 0 Å². The Kier molecular flexibility index (Phi) is 2.50. The van der Waals surface area contributed by atoms with Gasteiger partial charge in [0, 0.05) is 10.8 Å². The van der Waals surface area contributed by atoms with Crippen molar-refractivity contribution in [1.29, 1.82) is 0 Å². The zero-order valence-electron chi connectivity index (χ0n) is 55.4. The largest absolute Gasteiger partial charge is 0.456 e. The van der Waals surface area contributed by atoms with E-state index in [0.29, 0.717) is 0 Å². The Morgan fingerprint density at radius 3 is 1.59 bits per heavy atom. The van der Waals surface area contributed by atoms with Gasteiger partial charge in [0.2, 0.25) is 0 Å². The lowest BCUT2D eigenvalue weighted by Crippen LogP contribution is -1.92. The summed E-state index contributed by atoms with van der Waals surface area (Å²) < 4.78 is 280. The van der Waals surface area contributed by atoms with Crippen LogP contribution in [0.15, 0.2) is 186 Å². The zero-order chi connectivity index (χ0) is 59.6. The Labute approximate surface area is 336 Å². The Balaban J connectivity index is 1.46. The standard InChI is InChI=1S/C50H30O/c1-2-13-33-27-36(22-21-31(33)11-1)48-40-17-7-9-19-42(40)49(43-20-10-8-18-41(43)48)44-30-37(28-35-14-4-5-15-38(35)44)34-24-25-46-45(29-34)50-39-16-6-3-12-32(39)23-26-47(50)51-46/h1-30H/i1D,2D,3D,4D,5D,6D,7D,8D,9D,10D,11D,12D,13D,14D,15D,16D,17D,18D,19D,20D,21D,22D,23D,24D,25D,26D,27D,28D,29D,30D. The molecule has 51 heavy (non-hydrogen) atoms. The summed E-state index contributed by atoms with van der Waals surface area (Å²) in [6.45, 7) is 0. The molecule has 0 saturated carbocycles. The van der Waals surface area contributed by atoms with Gasteiger partial charge in [-0.2, -0.15) is 0 Å². The van der Waals surface area contributed by atoms with Crippen LogP contribution in [0.5, 0.6) is 0 Å². The predicted molar refractivity (Wildman–Crippen MR) is 218 cm³/mol. The van der Waals surface area contributed by atoms with Crippen molar-refractivity contribution >= 4 is 75.8 Å². The summed E-state index contributed by atoms with van der Waals surface area (Å²) in [7, 11) is 0. The predicted octanol–water partition coefficient (Wildman–Crippen LogP) is 14.4. The number of hydrogen-bond donors (Lipinski definition) is 0. The van der Waals surface area contributed by atoms with Crippen LogP contribution in [0.4, 0.5) is 0 Å². The maximum absolute atomic E-state index is 10.3. The van der Waals surface area contributed by atoms with Crippen LogP contribution in [0.25, 0.3) is 109 Å².